The fourth-order valence-corrected chi connectivity index (χ4v) is 2.70. The van der Waals surface area contributed by atoms with Crippen molar-refractivity contribution < 1.29 is 14.3 Å². The number of amides is 1. The van der Waals surface area contributed by atoms with Gasteiger partial charge < -0.3 is 14.8 Å². The number of carbonyl (C=O) groups is 1. The number of hydrogen-bond donors (Lipinski definition) is 1. The minimum absolute atomic E-state index is 0.0980. The molecule has 0 bridgehead atoms. The van der Waals surface area contributed by atoms with E-state index in [9.17, 15) is 4.79 Å². The molecule has 0 spiro atoms. The second-order valence-corrected chi connectivity index (χ2v) is 5.74. The summed E-state index contributed by atoms with van der Waals surface area (Å²) in [6, 6.07) is 3.88. The number of aryl methyl sites for hydroxylation is 2. The lowest BCUT2D eigenvalue weighted by Gasteiger charge is -2.28. The highest BCUT2D eigenvalue weighted by molar-refractivity contribution is 5.97. The Balaban J connectivity index is 2.96. The van der Waals surface area contributed by atoms with Gasteiger partial charge in [0.25, 0.3) is 5.91 Å². The topological polar surface area (TPSA) is 47.6 Å². The summed E-state index contributed by atoms with van der Waals surface area (Å²) in [5, 5.41) is 2.98. The van der Waals surface area contributed by atoms with E-state index in [1.807, 2.05) is 46.8 Å². The summed E-state index contributed by atoms with van der Waals surface area (Å²) in [4.78, 5) is 12.6. The van der Waals surface area contributed by atoms with Crippen LogP contribution in [0.3, 0.4) is 0 Å². The highest BCUT2D eigenvalue weighted by Gasteiger charge is 2.33. The van der Waals surface area contributed by atoms with Gasteiger partial charge in [0.2, 0.25) is 0 Å². The zero-order valence-electron chi connectivity index (χ0n) is 14.7. The van der Waals surface area contributed by atoms with Crippen molar-refractivity contribution in [2.24, 2.45) is 0 Å². The fraction of sp³-hybridized carbons (Fsp3) is 0.611. The van der Waals surface area contributed by atoms with Crippen LogP contribution in [0.1, 0.15) is 51.7 Å². The van der Waals surface area contributed by atoms with E-state index in [1.54, 1.807) is 0 Å². The van der Waals surface area contributed by atoms with Crippen LogP contribution in [0.5, 0.6) is 5.75 Å². The van der Waals surface area contributed by atoms with Crippen LogP contribution < -0.4 is 10.1 Å². The maximum absolute atomic E-state index is 12.6. The first-order valence-electron chi connectivity index (χ1n) is 8.07. The first-order valence-corrected chi connectivity index (χ1v) is 8.07. The predicted molar refractivity (Wildman–Crippen MR) is 90.7 cm³/mol. The lowest BCUT2D eigenvalue weighted by atomic mass is 9.98. The number of anilines is 1. The second-order valence-electron chi connectivity index (χ2n) is 5.74. The third-order valence-electron chi connectivity index (χ3n) is 3.68. The Bertz CT molecular complexity index is 482. The third kappa shape index (κ3) is 4.47. The van der Waals surface area contributed by atoms with E-state index in [-0.39, 0.29) is 5.91 Å². The summed E-state index contributed by atoms with van der Waals surface area (Å²) in [6.45, 7) is 12.9. The molecule has 0 saturated carbocycles. The molecule has 1 aromatic carbocycles. The van der Waals surface area contributed by atoms with Crippen LogP contribution in [-0.4, -0.2) is 24.7 Å². The van der Waals surface area contributed by atoms with Crippen molar-refractivity contribution in [3.63, 3.8) is 0 Å². The van der Waals surface area contributed by atoms with Gasteiger partial charge in [0, 0.05) is 12.3 Å². The van der Waals surface area contributed by atoms with E-state index in [4.69, 9.17) is 9.47 Å². The molecule has 0 fully saturated rings. The fourth-order valence-electron chi connectivity index (χ4n) is 2.70. The van der Waals surface area contributed by atoms with Gasteiger partial charge in [0.05, 0.1) is 6.61 Å². The SMILES string of the molecule is CCCC(C)(OCC)C(=O)Nc1cc(C)c(OCC)c(C)c1. The van der Waals surface area contributed by atoms with Crippen molar-refractivity contribution in [2.45, 2.75) is 60.0 Å². The zero-order chi connectivity index (χ0) is 16.8. The van der Waals surface area contributed by atoms with Gasteiger partial charge in [0.15, 0.2) is 0 Å². The molecule has 1 amide bonds. The maximum Gasteiger partial charge on any atom is 0.256 e. The molecule has 0 aliphatic rings. The molecule has 0 radical (unpaired) electrons. The molecular formula is C18H29NO3. The molecule has 0 aliphatic carbocycles. The van der Waals surface area contributed by atoms with Crippen molar-refractivity contribution in [2.75, 3.05) is 18.5 Å². The van der Waals surface area contributed by atoms with Crippen LogP contribution >= 0.6 is 0 Å². The summed E-state index contributed by atoms with van der Waals surface area (Å²) in [7, 11) is 0. The van der Waals surface area contributed by atoms with Crippen LogP contribution in [0, 0.1) is 13.8 Å². The summed E-state index contributed by atoms with van der Waals surface area (Å²) in [5.74, 6) is 0.792. The molecule has 0 heterocycles. The van der Waals surface area contributed by atoms with Gasteiger partial charge in [-0.25, -0.2) is 0 Å². The largest absolute Gasteiger partial charge is 0.493 e. The monoisotopic (exact) mass is 307 g/mol. The Hall–Kier alpha value is -1.55. The average molecular weight is 307 g/mol. The van der Waals surface area contributed by atoms with Gasteiger partial charge in [-0.2, -0.15) is 0 Å². The average Bonchev–Trinajstić information content (AvgIpc) is 2.43. The summed E-state index contributed by atoms with van der Waals surface area (Å²) >= 11 is 0. The van der Waals surface area contributed by atoms with Crippen molar-refractivity contribution in [1.29, 1.82) is 0 Å². The normalized spacial score (nSPS) is 13.5. The Morgan fingerprint density at radius 3 is 2.18 bits per heavy atom. The summed E-state index contributed by atoms with van der Waals surface area (Å²) < 4.78 is 11.3. The van der Waals surface area contributed by atoms with Crippen LogP contribution in [0.4, 0.5) is 5.69 Å². The Morgan fingerprint density at radius 2 is 1.73 bits per heavy atom. The number of rotatable bonds is 8. The number of ether oxygens (including phenoxy) is 2. The Morgan fingerprint density at radius 1 is 1.14 bits per heavy atom. The standard InChI is InChI=1S/C18H29NO3/c1-7-10-18(6,22-9-3)17(20)19-15-11-13(4)16(21-8-2)14(5)12-15/h11-12H,7-10H2,1-6H3,(H,19,20). The summed E-state index contributed by atoms with van der Waals surface area (Å²) in [5.41, 5.74) is 2.03. The van der Waals surface area contributed by atoms with Crippen molar-refractivity contribution in [3.05, 3.63) is 23.3 Å². The van der Waals surface area contributed by atoms with Crippen LogP contribution in [0.15, 0.2) is 12.1 Å². The lowest BCUT2D eigenvalue weighted by Crippen LogP contribution is -2.42. The molecule has 1 atom stereocenters. The smallest absolute Gasteiger partial charge is 0.256 e. The molecule has 0 aromatic heterocycles. The number of nitrogens with one attached hydrogen (secondary N) is 1. The third-order valence-corrected chi connectivity index (χ3v) is 3.68. The van der Waals surface area contributed by atoms with Gasteiger partial charge in [-0.15, -0.1) is 0 Å². The molecule has 124 valence electrons. The predicted octanol–water partition coefficient (Wildman–Crippen LogP) is 4.24. The lowest BCUT2D eigenvalue weighted by molar-refractivity contribution is -0.139. The molecule has 1 rings (SSSR count). The minimum atomic E-state index is -0.788. The van der Waals surface area contributed by atoms with Crippen molar-refractivity contribution in [1.82, 2.24) is 0 Å². The summed E-state index contributed by atoms with van der Waals surface area (Å²) in [6.07, 6.45) is 1.59. The molecule has 0 aliphatic heterocycles. The first-order chi connectivity index (χ1) is 10.4. The first kappa shape index (κ1) is 18.5. The second kappa shape index (κ2) is 8.18. The van der Waals surface area contributed by atoms with Gasteiger partial charge in [-0.1, -0.05) is 13.3 Å². The van der Waals surface area contributed by atoms with E-state index in [0.29, 0.717) is 19.6 Å². The van der Waals surface area contributed by atoms with Crippen molar-refractivity contribution in [3.8, 4) is 5.75 Å². The molecule has 1 unspecified atom stereocenters. The zero-order valence-corrected chi connectivity index (χ0v) is 14.7. The Labute approximate surface area is 134 Å². The van der Waals surface area contributed by atoms with Gasteiger partial charge in [-0.3, -0.25) is 4.79 Å². The number of benzene rings is 1. The molecule has 0 saturated heterocycles. The molecule has 4 nitrogen and oxygen atoms in total. The molecule has 22 heavy (non-hydrogen) atoms. The number of carbonyl (C=O) groups excluding carboxylic acids is 1. The minimum Gasteiger partial charge on any atom is -0.493 e. The maximum atomic E-state index is 12.6. The van der Waals surface area contributed by atoms with Crippen LogP contribution in [-0.2, 0) is 9.53 Å². The molecule has 4 heteroatoms. The van der Waals surface area contributed by atoms with Gasteiger partial charge in [0.1, 0.15) is 11.4 Å². The van der Waals surface area contributed by atoms with Crippen LogP contribution in [0.25, 0.3) is 0 Å². The number of hydrogen-bond acceptors (Lipinski definition) is 3. The highest BCUT2D eigenvalue weighted by Crippen LogP contribution is 2.28. The van der Waals surface area contributed by atoms with E-state index >= 15 is 0 Å². The van der Waals surface area contributed by atoms with E-state index in [1.165, 1.54) is 0 Å². The van der Waals surface area contributed by atoms with Crippen LogP contribution in [0.2, 0.25) is 0 Å². The molecule has 1 aromatic rings. The van der Waals surface area contributed by atoms with Gasteiger partial charge in [-0.05, 0) is 64.3 Å². The molecular weight excluding hydrogens is 278 g/mol. The van der Waals surface area contributed by atoms with E-state index in [0.717, 1.165) is 29.0 Å². The highest BCUT2D eigenvalue weighted by atomic mass is 16.5. The van der Waals surface area contributed by atoms with Gasteiger partial charge >= 0.3 is 0 Å². The van der Waals surface area contributed by atoms with E-state index < -0.39 is 5.60 Å². The van der Waals surface area contributed by atoms with Crippen molar-refractivity contribution >= 4 is 11.6 Å². The molecule has 1 N–H and O–H groups in total. The van der Waals surface area contributed by atoms with E-state index in [2.05, 4.69) is 12.2 Å². The Kier molecular flexibility index (Phi) is 6.88. The quantitative estimate of drug-likeness (QED) is 0.781.